The van der Waals surface area contributed by atoms with Crippen molar-refractivity contribution in [1.29, 1.82) is 0 Å². The standard InChI is InChI=1S/C17H18ClN3O4/c1-20-10-13(16(19-20)12-4-2-3-5-14(12)18)17(24)21-6-7-25-11(9-21)8-15(22)23/h2-5,10-11H,6-9H2,1H3,(H,22,23). The number of morpholine rings is 1. The monoisotopic (exact) mass is 363 g/mol. The van der Waals surface area contributed by atoms with Crippen LogP contribution in [0.5, 0.6) is 0 Å². The van der Waals surface area contributed by atoms with Gasteiger partial charge in [0.25, 0.3) is 5.91 Å². The molecule has 1 fully saturated rings. The number of amides is 1. The minimum atomic E-state index is -0.947. The van der Waals surface area contributed by atoms with Gasteiger partial charge in [0.05, 0.1) is 29.7 Å². The number of benzene rings is 1. The van der Waals surface area contributed by atoms with Gasteiger partial charge in [0, 0.05) is 31.9 Å². The van der Waals surface area contributed by atoms with Crippen LogP contribution in [0, 0.1) is 0 Å². The number of carbonyl (C=O) groups excluding carboxylic acids is 1. The van der Waals surface area contributed by atoms with E-state index in [9.17, 15) is 9.59 Å². The van der Waals surface area contributed by atoms with Crippen LogP contribution in [0.15, 0.2) is 30.5 Å². The van der Waals surface area contributed by atoms with Crippen molar-refractivity contribution in [3.63, 3.8) is 0 Å². The maximum atomic E-state index is 13.0. The second-order valence-electron chi connectivity index (χ2n) is 5.89. The molecule has 1 unspecified atom stereocenters. The molecular weight excluding hydrogens is 346 g/mol. The molecule has 1 aromatic carbocycles. The first kappa shape index (κ1) is 17.4. The Morgan fingerprint density at radius 2 is 2.16 bits per heavy atom. The smallest absolute Gasteiger partial charge is 0.306 e. The molecule has 0 spiro atoms. The summed E-state index contributed by atoms with van der Waals surface area (Å²) in [7, 11) is 1.74. The van der Waals surface area contributed by atoms with Crippen molar-refractivity contribution >= 4 is 23.5 Å². The van der Waals surface area contributed by atoms with E-state index >= 15 is 0 Å². The number of carbonyl (C=O) groups is 2. The number of halogens is 1. The second-order valence-corrected chi connectivity index (χ2v) is 6.29. The number of rotatable bonds is 4. The van der Waals surface area contributed by atoms with E-state index in [2.05, 4.69) is 5.10 Å². The first-order chi connectivity index (χ1) is 12.0. The van der Waals surface area contributed by atoms with Gasteiger partial charge >= 0.3 is 5.97 Å². The highest BCUT2D eigenvalue weighted by atomic mass is 35.5. The number of aryl methyl sites for hydroxylation is 1. The Bertz CT molecular complexity index is 805. The van der Waals surface area contributed by atoms with Gasteiger partial charge in [-0.2, -0.15) is 5.10 Å². The van der Waals surface area contributed by atoms with Crippen LogP contribution in [0.3, 0.4) is 0 Å². The van der Waals surface area contributed by atoms with Crippen molar-refractivity contribution in [3.05, 3.63) is 41.0 Å². The first-order valence-corrected chi connectivity index (χ1v) is 8.24. The summed E-state index contributed by atoms with van der Waals surface area (Å²) in [5, 5.41) is 13.8. The molecule has 1 atom stereocenters. The molecule has 1 amide bonds. The van der Waals surface area contributed by atoms with E-state index in [0.29, 0.717) is 35.0 Å². The third-order valence-corrected chi connectivity index (χ3v) is 4.35. The highest BCUT2D eigenvalue weighted by Crippen LogP contribution is 2.30. The third kappa shape index (κ3) is 3.83. The minimum Gasteiger partial charge on any atom is -0.481 e. The van der Waals surface area contributed by atoms with Gasteiger partial charge in [-0.15, -0.1) is 0 Å². The van der Waals surface area contributed by atoms with E-state index in [1.165, 1.54) is 0 Å². The van der Waals surface area contributed by atoms with Crippen molar-refractivity contribution in [2.24, 2.45) is 7.05 Å². The zero-order chi connectivity index (χ0) is 18.0. The fourth-order valence-electron chi connectivity index (χ4n) is 2.89. The van der Waals surface area contributed by atoms with Crippen LogP contribution in [0.4, 0.5) is 0 Å². The highest BCUT2D eigenvalue weighted by Gasteiger charge is 2.29. The predicted octanol–water partition coefficient (Wildman–Crippen LogP) is 2.06. The number of aliphatic carboxylic acids is 1. The highest BCUT2D eigenvalue weighted by molar-refractivity contribution is 6.33. The Morgan fingerprint density at radius 3 is 2.88 bits per heavy atom. The number of nitrogens with zero attached hydrogens (tertiary/aromatic N) is 3. The number of hydrogen-bond donors (Lipinski definition) is 1. The van der Waals surface area contributed by atoms with Crippen LogP contribution in [-0.2, 0) is 16.6 Å². The maximum absolute atomic E-state index is 13.0. The van der Waals surface area contributed by atoms with E-state index in [1.807, 2.05) is 18.2 Å². The summed E-state index contributed by atoms with van der Waals surface area (Å²) >= 11 is 6.25. The lowest BCUT2D eigenvalue weighted by molar-refractivity contribution is -0.141. The third-order valence-electron chi connectivity index (χ3n) is 4.02. The lowest BCUT2D eigenvalue weighted by atomic mass is 10.1. The molecule has 8 heteroatoms. The molecule has 1 saturated heterocycles. The summed E-state index contributed by atoms with van der Waals surface area (Å²) in [6.07, 6.45) is 1.02. The maximum Gasteiger partial charge on any atom is 0.306 e. The van der Waals surface area contributed by atoms with Crippen LogP contribution >= 0.6 is 11.6 Å². The van der Waals surface area contributed by atoms with E-state index in [1.54, 1.807) is 28.9 Å². The number of carboxylic acids is 1. The molecule has 25 heavy (non-hydrogen) atoms. The molecule has 0 bridgehead atoms. The predicted molar refractivity (Wildman–Crippen MR) is 91.6 cm³/mol. The Labute approximate surface area is 149 Å². The van der Waals surface area contributed by atoms with Crippen molar-refractivity contribution in [2.45, 2.75) is 12.5 Å². The quantitative estimate of drug-likeness (QED) is 0.898. The van der Waals surface area contributed by atoms with Gasteiger partial charge in [-0.1, -0.05) is 29.8 Å². The number of aromatic nitrogens is 2. The van der Waals surface area contributed by atoms with Crippen LogP contribution in [0.25, 0.3) is 11.3 Å². The minimum absolute atomic E-state index is 0.131. The van der Waals surface area contributed by atoms with Gasteiger partial charge in [-0.25, -0.2) is 0 Å². The summed E-state index contributed by atoms with van der Waals surface area (Å²) in [6.45, 7) is 0.958. The molecule has 0 saturated carbocycles. The van der Waals surface area contributed by atoms with E-state index < -0.39 is 12.1 Å². The molecule has 0 aliphatic carbocycles. The molecule has 3 rings (SSSR count). The molecule has 2 heterocycles. The zero-order valence-corrected chi connectivity index (χ0v) is 14.4. The Morgan fingerprint density at radius 1 is 1.40 bits per heavy atom. The largest absolute Gasteiger partial charge is 0.481 e. The van der Waals surface area contributed by atoms with Gasteiger partial charge in [-0.3, -0.25) is 14.3 Å². The van der Waals surface area contributed by atoms with E-state index in [-0.39, 0.29) is 18.9 Å². The summed E-state index contributed by atoms with van der Waals surface area (Å²) in [6, 6.07) is 7.21. The van der Waals surface area contributed by atoms with Crippen molar-refractivity contribution in [2.75, 3.05) is 19.7 Å². The zero-order valence-electron chi connectivity index (χ0n) is 13.7. The lowest BCUT2D eigenvalue weighted by Crippen LogP contribution is -2.46. The molecule has 1 aliphatic rings. The number of carboxylic acid groups (broad SMARTS) is 1. The van der Waals surface area contributed by atoms with Crippen molar-refractivity contribution < 1.29 is 19.4 Å². The van der Waals surface area contributed by atoms with Crippen LogP contribution in [0.2, 0.25) is 5.02 Å². The summed E-state index contributed by atoms with van der Waals surface area (Å²) < 4.78 is 7.00. The Balaban J connectivity index is 1.88. The van der Waals surface area contributed by atoms with Crippen LogP contribution < -0.4 is 0 Å². The first-order valence-electron chi connectivity index (χ1n) is 7.87. The summed E-state index contributed by atoms with van der Waals surface area (Å²) in [5.41, 5.74) is 1.63. The van der Waals surface area contributed by atoms with Gasteiger partial charge in [0.1, 0.15) is 5.69 Å². The van der Waals surface area contributed by atoms with Gasteiger partial charge in [0.15, 0.2) is 0 Å². The molecule has 2 aromatic rings. The van der Waals surface area contributed by atoms with E-state index in [0.717, 1.165) is 0 Å². The molecule has 0 radical (unpaired) electrons. The summed E-state index contributed by atoms with van der Waals surface area (Å²) in [4.78, 5) is 25.5. The number of ether oxygens (including phenoxy) is 1. The number of hydrogen-bond acceptors (Lipinski definition) is 4. The van der Waals surface area contributed by atoms with E-state index in [4.69, 9.17) is 21.4 Å². The van der Waals surface area contributed by atoms with Gasteiger partial charge < -0.3 is 14.7 Å². The average molecular weight is 364 g/mol. The van der Waals surface area contributed by atoms with Crippen molar-refractivity contribution in [3.8, 4) is 11.3 Å². The van der Waals surface area contributed by atoms with Gasteiger partial charge in [0.2, 0.25) is 0 Å². The normalized spacial score (nSPS) is 17.5. The van der Waals surface area contributed by atoms with Gasteiger partial charge in [-0.05, 0) is 6.07 Å². The molecule has 1 N–H and O–H groups in total. The SMILES string of the molecule is Cn1cc(C(=O)N2CCOC(CC(=O)O)C2)c(-c2ccccc2Cl)n1. The van der Waals surface area contributed by atoms with Crippen LogP contribution in [0.1, 0.15) is 16.8 Å². The second kappa shape index (κ2) is 7.25. The van der Waals surface area contributed by atoms with Crippen molar-refractivity contribution in [1.82, 2.24) is 14.7 Å². The van der Waals surface area contributed by atoms with Crippen LogP contribution in [-0.4, -0.2) is 57.5 Å². The molecule has 7 nitrogen and oxygen atoms in total. The molecule has 1 aromatic heterocycles. The average Bonchev–Trinajstić information content (AvgIpc) is 2.96. The topological polar surface area (TPSA) is 84.7 Å². The Hall–Kier alpha value is -2.38. The molecule has 1 aliphatic heterocycles. The lowest BCUT2D eigenvalue weighted by Gasteiger charge is -2.32. The summed E-state index contributed by atoms with van der Waals surface area (Å²) in [5.74, 6) is -1.15. The fraction of sp³-hybridized carbons (Fsp3) is 0.353. The fourth-order valence-corrected chi connectivity index (χ4v) is 3.11. The molecular formula is C17H18ClN3O4. The molecule has 132 valence electrons. The Kier molecular flexibility index (Phi) is 5.06.